The van der Waals surface area contributed by atoms with Crippen LogP contribution in [-0.4, -0.2) is 23.3 Å². The van der Waals surface area contributed by atoms with E-state index in [0.29, 0.717) is 22.2 Å². The largest absolute Gasteiger partial charge is 0.464 e. The van der Waals surface area contributed by atoms with E-state index in [1.807, 2.05) is 43.3 Å². The number of halogens is 1. The van der Waals surface area contributed by atoms with E-state index in [-0.39, 0.29) is 0 Å². The van der Waals surface area contributed by atoms with Gasteiger partial charge in [0.25, 0.3) is 0 Å². The second kappa shape index (κ2) is 6.76. The molecule has 0 unspecified atom stereocenters. The Balaban J connectivity index is 1.76. The summed E-state index contributed by atoms with van der Waals surface area (Å²) in [6.07, 6.45) is 0. The van der Waals surface area contributed by atoms with Gasteiger partial charge >= 0.3 is 5.97 Å². The number of nitrogens with zero attached hydrogens (tertiary/aromatic N) is 1. The molecule has 3 rings (SSSR count). The van der Waals surface area contributed by atoms with E-state index in [4.69, 9.17) is 16.3 Å². The van der Waals surface area contributed by atoms with Gasteiger partial charge in [-0.3, -0.25) is 5.10 Å². The molecule has 0 spiro atoms. The summed E-state index contributed by atoms with van der Waals surface area (Å²) in [5.41, 5.74) is 2.78. The van der Waals surface area contributed by atoms with Gasteiger partial charge in [0.15, 0.2) is 0 Å². The molecular weight excluding hydrogens is 328 g/mol. The quantitative estimate of drug-likeness (QED) is 0.703. The summed E-state index contributed by atoms with van der Waals surface area (Å²) in [7, 11) is 1.33. The summed E-state index contributed by atoms with van der Waals surface area (Å²) >= 11 is 6.01. The average Bonchev–Trinajstić information content (AvgIpc) is 3.08. The van der Waals surface area contributed by atoms with Crippen LogP contribution in [0.2, 0.25) is 5.02 Å². The van der Waals surface area contributed by atoms with Crippen LogP contribution in [0, 0.1) is 6.92 Å². The van der Waals surface area contributed by atoms with E-state index in [0.717, 1.165) is 16.9 Å². The fourth-order valence-electron chi connectivity index (χ4n) is 2.19. The summed E-state index contributed by atoms with van der Waals surface area (Å²) in [4.78, 5) is 11.4. The Bertz CT molecular complexity index is 872. The van der Waals surface area contributed by atoms with E-state index < -0.39 is 5.97 Å². The first-order chi connectivity index (χ1) is 11.6. The lowest BCUT2D eigenvalue weighted by atomic mass is 10.1. The van der Waals surface area contributed by atoms with Crippen LogP contribution in [0.1, 0.15) is 16.1 Å². The van der Waals surface area contributed by atoms with Crippen molar-refractivity contribution in [2.24, 2.45) is 0 Å². The minimum absolute atomic E-state index is 0.310. The lowest BCUT2D eigenvalue weighted by Crippen LogP contribution is -2.00. The maximum absolute atomic E-state index is 11.4. The Labute approximate surface area is 144 Å². The molecule has 0 aliphatic rings. The molecule has 2 aromatic carbocycles. The van der Waals surface area contributed by atoms with Crippen molar-refractivity contribution in [2.75, 3.05) is 7.11 Å². The minimum Gasteiger partial charge on any atom is -0.464 e. The van der Waals surface area contributed by atoms with Crippen LogP contribution in [0.25, 0.3) is 11.3 Å². The van der Waals surface area contributed by atoms with Gasteiger partial charge in [0.2, 0.25) is 0 Å². The Morgan fingerprint density at radius 1 is 1.08 bits per heavy atom. The number of carbonyl (C=O) groups excluding carboxylic acids is 1. The SMILES string of the molecule is COC(=O)c1cc(-c2ccc(Oc3ccc(Cl)c(C)c3)cc2)n[nH]1. The van der Waals surface area contributed by atoms with Gasteiger partial charge in [-0.05, 0) is 61.0 Å². The minimum atomic E-state index is -0.452. The number of ether oxygens (including phenoxy) is 2. The third kappa shape index (κ3) is 3.41. The van der Waals surface area contributed by atoms with Crippen molar-refractivity contribution in [3.63, 3.8) is 0 Å². The van der Waals surface area contributed by atoms with Gasteiger partial charge in [0.1, 0.15) is 17.2 Å². The van der Waals surface area contributed by atoms with Crippen LogP contribution in [0.15, 0.2) is 48.5 Å². The molecule has 122 valence electrons. The molecule has 6 heteroatoms. The number of H-pyrrole nitrogens is 1. The fourth-order valence-corrected chi connectivity index (χ4v) is 2.31. The fraction of sp³-hybridized carbons (Fsp3) is 0.111. The normalized spacial score (nSPS) is 10.5. The molecule has 0 bridgehead atoms. The summed E-state index contributed by atoms with van der Waals surface area (Å²) < 4.78 is 10.5. The van der Waals surface area contributed by atoms with Crippen molar-refractivity contribution in [1.29, 1.82) is 0 Å². The zero-order chi connectivity index (χ0) is 17.1. The molecule has 0 saturated heterocycles. The number of rotatable bonds is 4. The second-order valence-corrected chi connectivity index (χ2v) is 5.60. The smallest absolute Gasteiger partial charge is 0.356 e. The molecule has 0 amide bonds. The summed E-state index contributed by atoms with van der Waals surface area (Å²) in [5.74, 6) is 0.966. The highest BCUT2D eigenvalue weighted by atomic mass is 35.5. The number of methoxy groups -OCH3 is 1. The van der Waals surface area contributed by atoms with E-state index in [9.17, 15) is 4.79 Å². The molecule has 0 saturated carbocycles. The molecule has 0 fully saturated rings. The third-order valence-electron chi connectivity index (χ3n) is 3.50. The Morgan fingerprint density at radius 3 is 2.46 bits per heavy atom. The highest BCUT2D eigenvalue weighted by molar-refractivity contribution is 6.31. The van der Waals surface area contributed by atoms with Crippen LogP contribution in [0.5, 0.6) is 11.5 Å². The lowest BCUT2D eigenvalue weighted by molar-refractivity contribution is 0.0594. The molecule has 0 atom stereocenters. The number of benzene rings is 2. The van der Waals surface area contributed by atoms with Crippen molar-refractivity contribution < 1.29 is 14.3 Å². The van der Waals surface area contributed by atoms with Gasteiger partial charge in [-0.25, -0.2) is 4.79 Å². The number of esters is 1. The Morgan fingerprint density at radius 2 is 1.79 bits per heavy atom. The summed E-state index contributed by atoms with van der Waals surface area (Å²) in [6, 6.07) is 14.6. The van der Waals surface area contributed by atoms with E-state index >= 15 is 0 Å². The number of aromatic nitrogens is 2. The number of aromatic amines is 1. The first-order valence-electron chi connectivity index (χ1n) is 7.25. The number of nitrogens with one attached hydrogen (secondary N) is 1. The average molecular weight is 343 g/mol. The van der Waals surface area contributed by atoms with E-state index in [2.05, 4.69) is 14.9 Å². The summed E-state index contributed by atoms with van der Waals surface area (Å²) in [6.45, 7) is 1.93. The van der Waals surface area contributed by atoms with Crippen LogP contribution >= 0.6 is 11.6 Å². The van der Waals surface area contributed by atoms with Crippen molar-refractivity contribution in [1.82, 2.24) is 10.2 Å². The molecule has 5 nitrogen and oxygen atoms in total. The Hall–Kier alpha value is -2.79. The van der Waals surface area contributed by atoms with E-state index in [1.54, 1.807) is 12.1 Å². The standard InChI is InChI=1S/C18H15ClN2O3/c1-11-9-14(7-8-15(11)19)24-13-5-3-12(4-6-13)16-10-17(21-20-16)18(22)23-2/h3-10H,1-2H3,(H,20,21). The third-order valence-corrected chi connectivity index (χ3v) is 3.92. The van der Waals surface area contributed by atoms with Gasteiger partial charge in [0.05, 0.1) is 12.8 Å². The zero-order valence-corrected chi connectivity index (χ0v) is 13.9. The van der Waals surface area contributed by atoms with Gasteiger partial charge < -0.3 is 9.47 Å². The molecule has 3 aromatic rings. The van der Waals surface area contributed by atoms with Gasteiger partial charge in [-0.2, -0.15) is 5.10 Å². The first-order valence-corrected chi connectivity index (χ1v) is 7.63. The van der Waals surface area contributed by atoms with Gasteiger partial charge in [-0.1, -0.05) is 11.6 Å². The van der Waals surface area contributed by atoms with Crippen molar-refractivity contribution in [3.05, 3.63) is 64.8 Å². The molecule has 1 aromatic heterocycles. The molecule has 0 radical (unpaired) electrons. The number of hydrogen-bond acceptors (Lipinski definition) is 4. The van der Waals surface area contributed by atoms with Crippen molar-refractivity contribution in [3.8, 4) is 22.8 Å². The van der Waals surface area contributed by atoms with Crippen LogP contribution in [-0.2, 0) is 4.74 Å². The van der Waals surface area contributed by atoms with Crippen LogP contribution in [0.4, 0.5) is 0 Å². The maximum Gasteiger partial charge on any atom is 0.356 e. The number of carbonyl (C=O) groups is 1. The molecular formula is C18H15ClN2O3. The summed E-state index contributed by atoms with van der Waals surface area (Å²) in [5, 5.41) is 7.47. The predicted molar refractivity (Wildman–Crippen MR) is 91.6 cm³/mol. The molecule has 1 N–H and O–H groups in total. The van der Waals surface area contributed by atoms with Gasteiger partial charge in [-0.15, -0.1) is 0 Å². The molecule has 0 aliphatic carbocycles. The molecule has 24 heavy (non-hydrogen) atoms. The number of hydrogen-bond donors (Lipinski definition) is 1. The lowest BCUT2D eigenvalue weighted by Gasteiger charge is -2.07. The predicted octanol–water partition coefficient (Wildman–Crippen LogP) is 4.62. The highest BCUT2D eigenvalue weighted by Crippen LogP contribution is 2.27. The molecule has 0 aliphatic heterocycles. The first kappa shape index (κ1) is 16.1. The van der Waals surface area contributed by atoms with Gasteiger partial charge in [0, 0.05) is 10.6 Å². The maximum atomic E-state index is 11.4. The monoisotopic (exact) mass is 342 g/mol. The second-order valence-electron chi connectivity index (χ2n) is 5.20. The highest BCUT2D eigenvalue weighted by Gasteiger charge is 2.11. The van der Waals surface area contributed by atoms with Crippen LogP contribution < -0.4 is 4.74 Å². The van der Waals surface area contributed by atoms with Crippen molar-refractivity contribution >= 4 is 17.6 Å². The number of aryl methyl sites for hydroxylation is 1. The van der Waals surface area contributed by atoms with Crippen LogP contribution in [0.3, 0.4) is 0 Å². The van der Waals surface area contributed by atoms with E-state index in [1.165, 1.54) is 7.11 Å². The zero-order valence-electron chi connectivity index (χ0n) is 13.2. The Kier molecular flexibility index (Phi) is 4.53. The van der Waals surface area contributed by atoms with Crippen molar-refractivity contribution in [2.45, 2.75) is 6.92 Å². The molecule has 1 heterocycles. The topological polar surface area (TPSA) is 64.2 Å².